The smallest absolute Gasteiger partial charge is 0.0548 e. The molecule has 3 heteroatoms. The van der Waals surface area contributed by atoms with Crippen LogP contribution < -0.4 is 5.32 Å². The third-order valence-corrected chi connectivity index (χ3v) is 4.58. The first kappa shape index (κ1) is 15.6. The van der Waals surface area contributed by atoms with Crippen molar-refractivity contribution >= 4 is 27.5 Å². The second kappa shape index (κ2) is 7.82. The Morgan fingerprint density at radius 2 is 1.90 bits per heavy atom. The van der Waals surface area contributed by atoms with Gasteiger partial charge in [0.2, 0.25) is 0 Å². The molecule has 2 aromatic carbocycles. The number of rotatable bonds is 6. The monoisotopic (exact) mass is 351 g/mol. The minimum absolute atomic E-state index is 0.355. The van der Waals surface area contributed by atoms with Crippen molar-refractivity contribution in [3.05, 3.63) is 69.2 Å². The molecule has 0 spiro atoms. The first-order chi connectivity index (χ1) is 9.70. The second-order valence-corrected chi connectivity index (χ2v) is 6.07. The Morgan fingerprint density at radius 1 is 1.15 bits per heavy atom. The van der Waals surface area contributed by atoms with E-state index in [0.29, 0.717) is 6.04 Å². The molecule has 0 aromatic heterocycles. The lowest BCUT2D eigenvalue weighted by Crippen LogP contribution is -2.21. The molecular formula is C17H19BrClN. The molecule has 0 bridgehead atoms. The Kier molecular flexibility index (Phi) is 6.08. The van der Waals surface area contributed by atoms with Gasteiger partial charge in [-0.25, -0.2) is 0 Å². The zero-order valence-electron chi connectivity index (χ0n) is 11.6. The molecule has 0 fully saturated rings. The minimum atomic E-state index is 0.355. The topological polar surface area (TPSA) is 12.0 Å². The zero-order valence-corrected chi connectivity index (χ0v) is 13.9. The first-order valence-electron chi connectivity index (χ1n) is 6.93. The fraction of sp³-hybridized carbons (Fsp3) is 0.294. The Labute approximate surface area is 134 Å². The second-order valence-electron chi connectivity index (χ2n) is 4.81. The Bertz CT molecular complexity index is 542. The molecule has 0 aliphatic carbocycles. The van der Waals surface area contributed by atoms with Gasteiger partial charge in [0.05, 0.1) is 5.02 Å². The summed E-state index contributed by atoms with van der Waals surface area (Å²) in [7, 11) is 0. The normalized spacial score (nSPS) is 12.3. The summed E-state index contributed by atoms with van der Waals surface area (Å²) >= 11 is 9.57. The van der Waals surface area contributed by atoms with E-state index in [9.17, 15) is 0 Å². The molecule has 2 rings (SSSR count). The maximum atomic E-state index is 6.07. The maximum Gasteiger partial charge on any atom is 0.0548 e. The molecule has 1 nitrogen and oxygen atoms in total. The van der Waals surface area contributed by atoms with E-state index in [0.717, 1.165) is 28.9 Å². The average Bonchev–Trinajstić information content (AvgIpc) is 2.47. The van der Waals surface area contributed by atoms with Crippen LogP contribution in [0, 0.1) is 0 Å². The molecule has 1 atom stereocenters. The Hall–Kier alpha value is -0.830. The highest BCUT2D eigenvalue weighted by molar-refractivity contribution is 9.10. The fourth-order valence-electron chi connectivity index (χ4n) is 2.32. The summed E-state index contributed by atoms with van der Waals surface area (Å²) in [6, 6.07) is 17.1. The molecule has 106 valence electrons. The quantitative estimate of drug-likeness (QED) is 0.735. The van der Waals surface area contributed by atoms with Gasteiger partial charge in [0.25, 0.3) is 0 Å². The van der Waals surface area contributed by atoms with Crippen LogP contribution in [0.15, 0.2) is 53.0 Å². The SMILES string of the molecule is CCNC(CCc1ccccc1)c1ccc(Cl)c(Br)c1. The molecule has 1 N–H and O–H groups in total. The highest BCUT2D eigenvalue weighted by Crippen LogP contribution is 2.28. The molecule has 2 aromatic rings. The Balaban J connectivity index is 2.08. The van der Waals surface area contributed by atoms with E-state index >= 15 is 0 Å². The van der Waals surface area contributed by atoms with Gasteiger partial charge in [-0.1, -0.05) is 54.9 Å². The number of hydrogen-bond acceptors (Lipinski definition) is 1. The van der Waals surface area contributed by atoms with E-state index < -0.39 is 0 Å². The predicted molar refractivity (Wildman–Crippen MR) is 90.3 cm³/mol. The van der Waals surface area contributed by atoms with Crippen molar-refractivity contribution in [3.63, 3.8) is 0 Å². The van der Waals surface area contributed by atoms with Crippen molar-refractivity contribution in [1.29, 1.82) is 0 Å². The van der Waals surface area contributed by atoms with Crippen LogP contribution in [0.5, 0.6) is 0 Å². The van der Waals surface area contributed by atoms with Crippen LogP contribution in [0.1, 0.15) is 30.5 Å². The van der Waals surface area contributed by atoms with Gasteiger partial charge in [0.15, 0.2) is 0 Å². The predicted octanol–water partition coefficient (Wildman–Crippen LogP) is 5.39. The largest absolute Gasteiger partial charge is 0.310 e. The summed E-state index contributed by atoms with van der Waals surface area (Å²) in [6.07, 6.45) is 2.14. The number of hydrogen-bond donors (Lipinski definition) is 1. The summed E-state index contributed by atoms with van der Waals surface area (Å²) < 4.78 is 0.958. The zero-order chi connectivity index (χ0) is 14.4. The number of halogens is 2. The van der Waals surface area contributed by atoms with E-state index in [2.05, 4.69) is 70.6 Å². The third kappa shape index (κ3) is 4.34. The standard InChI is InChI=1S/C17H19BrClN/c1-2-20-17(11-8-13-6-4-3-5-7-13)14-9-10-16(19)15(18)12-14/h3-7,9-10,12,17,20H,2,8,11H2,1H3. The lowest BCUT2D eigenvalue weighted by molar-refractivity contribution is 0.515. The van der Waals surface area contributed by atoms with Crippen molar-refractivity contribution in [2.24, 2.45) is 0 Å². The summed E-state index contributed by atoms with van der Waals surface area (Å²) in [5.74, 6) is 0. The van der Waals surface area contributed by atoms with E-state index in [1.54, 1.807) is 0 Å². The Morgan fingerprint density at radius 3 is 2.55 bits per heavy atom. The van der Waals surface area contributed by atoms with Gasteiger partial charge in [0.1, 0.15) is 0 Å². The van der Waals surface area contributed by atoms with E-state index in [1.165, 1.54) is 11.1 Å². The van der Waals surface area contributed by atoms with Crippen molar-refractivity contribution in [2.75, 3.05) is 6.54 Å². The highest BCUT2D eigenvalue weighted by Gasteiger charge is 2.11. The van der Waals surface area contributed by atoms with Crippen LogP contribution in [-0.4, -0.2) is 6.54 Å². The van der Waals surface area contributed by atoms with Crippen molar-refractivity contribution < 1.29 is 0 Å². The number of benzene rings is 2. The van der Waals surface area contributed by atoms with Gasteiger partial charge in [-0.3, -0.25) is 0 Å². The van der Waals surface area contributed by atoms with Crippen molar-refractivity contribution in [3.8, 4) is 0 Å². The van der Waals surface area contributed by atoms with E-state index in [1.807, 2.05) is 6.07 Å². The summed E-state index contributed by atoms with van der Waals surface area (Å²) in [5.41, 5.74) is 2.66. The van der Waals surface area contributed by atoms with Gasteiger partial charge in [-0.2, -0.15) is 0 Å². The van der Waals surface area contributed by atoms with Gasteiger partial charge < -0.3 is 5.32 Å². The first-order valence-corrected chi connectivity index (χ1v) is 8.10. The molecule has 0 saturated carbocycles. The molecule has 0 saturated heterocycles. The van der Waals surface area contributed by atoms with Crippen LogP contribution in [0.3, 0.4) is 0 Å². The van der Waals surface area contributed by atoms with Crippen LogP contribution in [0.4, 0.5) is 0 Å². The molecule has 0 aliphatic rings. The van der Waals surface area contributed by atoms with Gasteiger partial charge >= 0.3 is 0 Å². The van der Waals surface area contributed by atoms with Crippen molar-refractivity contribution in [2.45, 2.75) is 25.8 Å². The summed E-state index contributed by atoms with van der Waals surface area (Å²) in [5, 5.41) is 4.31. The molecular weight excluding hydrogens is 334 g/mol. The molecule has 20 heavy (non-hydrogen) atoms. The van der Waals surface area contributed by atoms with Crippen molar-refractivity contribution in [1.82, 2.24) is 5.32 Å². The van der Waals surface area contributed by atoms with E-state index in [-0.39, 0.29) is 0 Å². The van der Waals surface area contributed by atoms with Crippen LogP contribution >= 0.6 is 27.5 Å². The fourth-order valence-corrected chi connectivity index (χ4v) is 2.83. The third-order valence-electron chi connectivity index (χ3n) is 3.36. The highest BCUT2D eigenvalue weighted by atomic mass is 79.9. The van der Waals surface area contributed by atoms with Gasteiger partial charge in [-0.05, 0) is 58.6 Å². The summed E-state index contributed by atoms with van der Waals surface area (Å²) in [4.78, 5) is 0. The molecule has 0 amide bonds. The number of aryl methyl sites for hydroxylation is 1. The molecule has 0 heterocycles. The van der Waals surface area contributed by atoms with Gasteiger partial charge in [-0.15, -0.1) is 0 Å². The van der Waals surface area contributed by atoms with Crippen LogP contribution in [0.2, 0.25) is 5.02 Å². The molecule has 1 unspecified atom stereocenters. The molecule has 0 radical (unpaired) electrons. The van der Waals surface area contributed by atoms with Crippen LogP contribution in [-0.2, 0) is 6.42 Å². The van der Waals surface area contributed by atoms with Crippen LogP contribution in [0.25, 0.3) is 0 Å². The molecule has 0 aliphatic heterocycles. The average molecular weight is 353 g/mol. The lowest BCUT2D eigenvalue weighted by atomic mass is 9.99. The number of nitrogens with one attached hydrogen (secondary N) is 1. The van der Waals surface area contributed by atoms with Gasteiger partial charge in [0, 0.05) is 10.5 Å². The minimum Gasteiger partial charge on any atom is -0.310 e. The summed E-state index contributed by atoms with van der Waals surface area (Å²) in [6.45, 7) is 3.10. The lowest BCUT2D eigenvalue weighted by Gasteiger charge is -2.19. The maximum absolute atomic E-state index is 6.07. The van der Waals surface area contributed by atoms with E-state index in [4.69, 9.17) is 11.6 Å².